The van der Waals surface area contributed by atoms with Crippen molar-refractivity contribution in [2.24, 2.45) is 0 Å². The Kier molecular flexibility index (Phi) is 4.34. The summed E-state index contributed by atoms with van der Waals surface area (Å²) in [5, 5.41) is 2.68. The lowest BCUT2D eigenvalue weighted by Crippen LogP contribution is -2.41. The zero-order chi connectivity index (χ0) is 14.5. The fraction of sp³-hybridized carbons (Fsp3) is 0.357. The van der Waals surface area contributed by atoms with Crippen molar-refractivity contribution in [3.8, 4) is 0 Å². The first kappa shape index (κ1) is 14.0. The Balaban J connectivity index is 1.86. The molecule has 1 saturated heterocycles. The summed E-state index contributed by atoms with van der Waals surface area (Å²) in [7, 11) is 0. The quantitative estimate of drug-likeness (QED) is 0.636. The highest BCUT2D eigenvalue weighted by Crippen LogP contribution is 2.14. The molecule has 3 amide bonds. The van der Waals surface area contributed by atoms with Crippen molar-refractivity contribution >= 4 is 29.1 Å². The minimum absolute atomic E-state index is 0.0896. The Morgan fingerprint density at radius 2 is 1.95 bits per heavy atom. The van der Waals surface area contributed by atoms with Gasteiger partial charge in [0.15, 0.2) is 0 Å². The Hall–Kier alpha value is -2.37. The predicted molar refractivity (Wildman–Crippen MR) is 74.7 cm³/mol. The average Bonchev–Trinajstić information content (AvgIpc) is 2.38. The molecule has 0 aliphatic carbocycles. The lowest BCUT2D eigenvalue weighted by Gasteiger charge is -2.24. The highest BCUT2D eigenvalue weighted by molar-refractivity contribution is 5.98. The van der Waals surface area contributed by atoms with Crippen LogP contribution in [0.25, 0.3) is 0 Å². The lowest BCUT2D eigenvalue weighted by atomic mass is 10.1. The number of carbonyl (C=O) groups excluding carboxylic acids is 3. The van der Waals surface area contributed by atoms with Crippen LogP contribution in [0.2, 0.25) is 0 Å². The van der Waals surface area contributed by atoms with Crippen LogP contribution in [-0.2, 0) is 14.4 Å². The summed E-state index contributed by atoms with van der Waals surface area (Å²) in [6, 6.07) is 6.84. The smallest absolute Gasteiger partial charge is 0.229 e. The third-order valence-electron chi connectivity index (χ3n) is 3.12. The number of amides is 3. The van der Waals surface area contributed by atoms with Crippen molar-refractivity contribution in [3.63, 3.8) is 0 Å². The Labute approximate surface area is 116 Å². The van der Waals surface area contributed by atoms with Crippen molar-refractivity contribution in [2.75, 3.05) is 17.6 Å². The van der Waals surface area contributed by atoms with Gasteiger partial charge in [0, 0.05) is 37.2 Å². The molecule has 3 N–H and O–H groups in total. The van der Waals surface area contributed by atoms with E-state index in [1.54, 1.807) is 24.3 Å². The molecule has 106 valence electrons. The number of nitrogens with two attached hydrogens (primary N) is 1. The first-order chi connectivity index (χ1) is 9.56. The van der Waals surface area contributed by atoms with Gasteiger partial charge in [-0.3, -0.25) is 19.3 Å². The van der Waals surface area contributed by atoms with E-state index in [9.17, 15) is 14.4 Å². The molecule has 0 aromatic heterocycles. The summed E-state index contributed by atoms with van der Waals surface area (Å²) in [6.07, 6.45) is 1.45. The Morgan fingerprint density at radius 3 is 2.60 bits per heavy atom. The zero-order valence-electron chi connectivity index (χ0n) is 11.1. The molecule has 1 fully saturated rings. The Morgan fingerprint density at radius 1 is 1.25 bits per heavy atom. The summed E-state index contributed by atoms with van der Waals surface area (Å²) in [4.78, 5) is 36.1. The van der Waals surface area contributed by atoms with Gasteiger partial charge < -0.3 is 11.1 Å². The minimum Gasteiger partial charge on any atom is -0.399 e. The number of benzene rings is 1. The molecule has 6 heteroatoms. The highest BCUT2D eigenvalue weighted by Gasteiger charge is 2.25. The molecule has 0 spiro atoms. The number of hydrogen-bond acceptors (Lipinski definition) is 4. The van der Waals surface area contributed by atoms with Crippen LogP contribution >= 0.6 is 0 Å². The molecule has 1 aliphatic rings. The molecule has 20 heavy (non-hydrogen) atoms. The molecular formula is C14H17N3O3. The van der Waals surface area contributed by atoms with Gasteiger partial charge in [0.2, 0.25) is 17.7 Å². The van der Waals surface area contributed by atoms with Crippen molar-refractivity contribution in [1.29, 1.82) is 0 Å². The fourth-order valence-electron chi connectivity index (χ4n) is 2.10. The maximum absolute atomic E-state index is 11.8. The molecule has 0 bridgehead atoms. The second kappa shape index (κ2) is 6.18. The molecule has 1 heterocycles. The number of rotatable bonds is 4. The van der Waals surface area contributed by atoms with E-state index in [4.69, 9.17) is 5.73 Å². The van der Waals surface area contributed by atoms with Crippen LogP contribution in [-0.4, -0.2) is 29.2 Å². The van der Waals surface area contributed by atoms with Gasteiger partial charge in [-0.1, -0.05) is 6.07 Å². The molecule has 0 unspecified atom stereocenters. The number of piperidine rings is 1. The molecule has 1 aromatic rings. The summed E-state index contributed by atoms with van der Waals surface area (Å²) in [6.45, 7) is 0.131. The molecular weight excluding hydrogens is 258 g/mol. The number of hydrogen-bond donors (Lipinski definition) is 2. The van der Waals surface area contributed by atoms with Gasteiger partial charge in [-0.05, 0) is 24.6 Å². The standard InChI is InChI=1S/C14H17N3O3/c15-10-3-1-4-11(9-10)16-12(18)7-8-17-13(19)5-2-6-14(17)20/h1,3-4,9H,2,5-8,15H2,(H,16,18). The number of likely N-dealkylation sites (tertiary alicyclic amines) is 1. The van der Waals surface area contributed by atoms with Crippen molar-refractivity contribution in [3.05, 3.63) is 24.3 Å². The second-order valence-electron chi connectivity index (χ2n) is 4.72. The van der Waals surface area contributed by atoms with Crippen LogP contribution < -0.4 is 11.1 Å². The van der Waals surface area contributed by atoms with Crippen LogP contribution in [0.3, 0.4) is 0 Å². The molecule has 1 aromatic carbocycles. The number of anilines is 2. The van der Waals surface area contributed by atoms with Crippen LogP contribution in [0.5, 0.6) is 0 Å². The topological polar surface area (TPSA) is 92.5 Å². The van der Waals surface area contributed by atoms with Gasteiger partial charge in [0.05, 0.1) is 0 Å². The van der Waals surface area contributed by atoms with Gasteiger partial charge in [0.1, 0.15) is 0 Å². The van der Waals surface area contributed by atoms with Crippen molar-refractivity contribution in [1.82, 2.24) is 4.90 Å². The summed E-state index contributed by atoms with van der Waals surface area (Å²) < 4.78 is 0. The van der Waals surface area contributed by atoms with E-state index in [0.717, 1.165) is 0 Å². The van der Waals surface area contributed by atoms with Gasteiger partial charge in [0.25, 0.3) is 0 Å². The number of imide groups is 1. The van der Waals surface area contributed by atoms with E-state index in [1.807, 2.05) is 0 Å². The third kappa shape index (κ3) is 3.57. The molecule has 0 saturated carbocycles. The molecule has 6 nitrogen and oxygen atoms in total. The van der Waals surface area contributed by atoms with Gasteiger partial charge in [-0.2, -0.15) is 0 Å². The Bertz CT molecular complexity index is 526. The summed E-state index contributed by atoms with van der Waals surface area (Å²) in [5.74, 6) is -0.641. The van der Waals surface area contributed by atoms with Crippen molar-refractivity contribution < 1.29 is 14.4 Å². The first-order valence-corrected chi connectivity index (χ1v) is 6.55. The van der Waals surface area contributed by atoms with Crippen LogP contribution in [0, 0.1) is 0 Å². The predicted octanol–water partition coefficient (Wildman–Crippen LogP) is 1.14. The first-order valence-electron chi connectivity index (χ1n) is 6.55. The van der Waals surface area contributed by atoms with E-state index in [0.29, 0.717) is 30.6 Å². The number of nitrogens with one attached hydrogen (secondary N) is 1. The summed E-state index contributed by atoms with van der Waals surface area (Å²) in [5.41, 5.74) is 6.78. The monoisotopic (exact) mass is 275 g/mol. The minimum atomic E-state index is -0.248. The summed E-state index contributed by atoms with van der Waals surface area (Å²) >= 11 is 0. The molecule has 1 aliphatic heterocycles. The fourth-order valence-corrected chi connectivity index (χ4v) is 2.10. The highest BCUT2D eigenvalue weighted by atomic mass is 16.2. The lowest BCUT2D eigenvalue weighted by molar-refractivity contribution is -0.148. The number of carbonyl (C=O) groups is 3. The van der Waals surface area contributed by atoms with E-state index < -0.39 is 0 Å². The largest absolute Gasteiger partial charge is 0.399 e. The van der Waals surface area contributed by atoms with E-state index >= 15 is 0 Å². The molecule has 2 rings (SSSR count). The number of nitrogen functional groups attached to an aromatic ring is 1. The van der Waals surface area contributed by atoms with E-state index in [2.05, 4.69) is 5.32 Å². The second-order valence-corrected chi connectivity index (χ2v) is 4.72. The molecule has 0 atom stereocenters. The maximum atomic E-state index is 11.8. The SMILES string of the molecule is Nc1cccc(NC(=O)CCN2C(=O)CCCC2=O)c1. The average molecular weight is 275 g/mol. The van der Waals surface area contributed by atoms with E-state index in [-0.39, 0.29) is 30.7 Å². The van der Waals surface area contributed by atoms with E-state index in [1.165, 1.54) is 4.90 Å². The number of nitrogens with zero attached hydrogens (tertiary/aromatic N) is 1. The van der Waals surface area contributed by atoms with Gasteiger partial charge in [-0.25, -0.2) is 0 Å². The van der Waals surface area contributed by atoms with Gasteiger partial charge >= 0.3 is 0 Å². The van der Waals surface area contributed by atoms with Crippen LogP contribution in [0.15, 0.2) is 24.3 Å². The van der Waals surface area contributed by atoms with Crippen LogP contribution in [0.1, 0.15) is 25.7 Å². The van der Waals surface area contributed by atoms with Crippen molar-refractivity contribution in [2.45, 2.75) is 25.7 Å². The normalized spacial score (nSPS) is 15.3. The van der Waals surface area contributed by atoms with Crippen LogP contribution in [0.4, 0.5) is 11.4 Å². The molecule has 0 radical (unpaired) electrons. The zero-order valence-corrected chi connectivity index (χ0v) is 11.1. The van der Waals surface area contributed by atoms with Gasteiger partial charge in [-0.15, -0.1) is 0 Å². The maximum Gasteiger partial charge on any atom is 0.229 e. The third-order valence-corrected chi connectivity index (χ3v) is 3.12.